The van der Waals surface area contributed by atoms with Gasteiger partial charge in [0.2, 0.25) is 0 Å². The van der Waals surface area contributed by atoms with Crippen LogP contribution in [0, 0.1) is 12.7 Å². The van der Waals surface area contributed by atoms with E-state index in [1.165, 1.54) is 23.5 Å². The van der Waals surface area contributed by atoms with Gasteiger partial charge in [-0.05, 0) is 41.1 Å². The van der Waals surface area contributed by atoms with Crippen LogP contribution in [0.1, 0.15) is 5.01 Å². The van der Waals surface area contributed by atoms with Crippen LogP contribution in [0.25, 0.3) is 0 Å². The van der Waals surface area contributed by atoms with Gasteiger partial charge in [0.25, 0.3) is 5.19 Å². The fourth-order valence-electron chi connectivity index (χ4n) is 0.961. The van der Waals surface area contributed by atoms with Crippen molar-refractivity contribution in [3.63, 3.8) is 0 Å². The number of aromatic nitrogens is 2. The van der Waals surface area contributed by atoms with Crippen LogP contribution in [0.5, 0.6) is 10.9 Å². The van der Waals surface area contributed by atoms with Crippen molar-refractivity contribution in [2.75, 3.05) is 0 Å². The largest absolute Gasteiger partial charge is 0.430 e. The first kappa shape index (κ1) is 10.5. The van der Waals surface area contributed by atoms with E-state index in [-0.39, 0.29) is 5.82 Å². The van der Waals surface area contributed by atoms with E-state index in [1.807, 2.05) is 6.92 Å². The molecule has 0 amide bonds. The molecular weight excluding hydrogens is 283 g/mol. The van der Waals surface area contributed by atoms with Crippen LogP contribution in [0.4, 0.5) is 4.39 Å². The summed E-state index contributed by atoms with van der Waals surface area (Å²) in [4.78, 5) is 0. The van der Waals surface area contributed by atoms with Crippen LogP contribution in [0.3, 0.4) is 0 Å². The Kier molecular flexibility index (Phi) is 2.97. The zero-order valence-electron chi connectivity index (χ0n) is 7.70. The second-order valence-corrected chi connectivity index (χ2v) is 4.76. The molecule has 0 aliphatic rings. The summed E-state index contributed by atoms with van der Waals surface area (Å²) in [6.45, 7) is 1.84. The van der Waals surface area contributed by atoms with E-state index < -0.39 is 0 Å². The van der Waals surface area contributed by atoms with Crippen LogP contribution in [0.2, 0.25) is 0 Å². The first-order chi connectivity index (χ1) is 7.15. The molecule has 1 aromatic carbocycles. The number of benzene rings is 1. The van der Waals surface area contributed by atoms with Gasteiger partial charge in [0, 0.05) is 0 Å². The fourth-order valence-corrected chi connectivity index (χ4v) is 1.87. The highest BCUT2D eigenvalue weighted by Gasteiger charge is 2.05. The highest BCUT2D eigenvalue weighted by Crippen LogP contribution is 2.27. The molecule has 3 nitrogen and oxygen atoms in total. The highest BCUT2D eigenvalue weighted by molar-refractivity contribution is 9.10. The summed E-state index contributed by atoms with van der Waals surface area (Å²) in [5, 5.41) is 8.89. The third-order valence-corrected chi connectivity index (χ3v) is 2.93. The lowest BCUT2D eigenvalue weighted by molar-refractivity contribution is 0.470. The van der Waals surface area contributed by atoms with Gasteiger partial charge < -0.3 is 4.74 Å². The normalized spacial score (nSPS) is 10.3. The van der Waals surface area contributed by atoms with Crippen LogP contribution >= 0.6 is 27.3 Å². The van der Waals surface area contributed by atoms with Crippen molar-refractivity contribution in [2.24, 2.45) is 0 Å². The molecule has 0 N–H and O–H groups in total. The van der Waals surface area contributed by atoms with Gasteiger partial charge in [-0.3, -0.25) is 0 Å². The van der Waals surface area contributed by atoms with Crippen LogP contribution in [0.15, 0.2) is 22.7 Å². The Bertz CT molecular complexity index is 489. The van der Waals surface area contributed by atoms with Crippen molar-refractivity contribution in [1.29, 1.82) is 0 Å². The van der Waals surface area contributed by atoms with Crippen molar-refractivity contribution >= 4 is 27.3 Å². The molecule has 0 fully saturated rings. The first-order valence-corrected chi connectivity index (χ1v) is 5.69. The van der Waals surface area contributed by atoms with Crippen molar-refractivity contribution in [3.8, 4) is 10.9 Å². The summed E-state index contributed by atoms with van der Waals surface area (Å²) in [5.41, 5.74) is 0. The van der Waals surface area contributed by atoms with E-state index in [0.29, 0.717) is 15.4 Å². The Morgan fingerprint density at radius 2 is 2.20 bits per heavy atom. The quantitative estimate of drug-likeness (QED) is 0.848. The number of aryl methyl sites for hydroxylation is 1. The van der Waals surface area contributed by atoms with E-state index in [4.69, 9.17) is 4.74 Å². The minimum Gasteiger partial charge on any atom is -0.430 e. The van der Waals surface area contributed by atoms with Crippen molar-refractivity contribution in [2.45, 2.75) is 6.92 Å². The smallest absolute Gasteiger partial charge is 0.299 e. The lowest BCUT2D eigenvalue weighted by atomic mass is 10.3. The Hall–Kier alpha value is -1.01. The molecule has 0 radical (unpaired) electrons. The van der Waals surface area contributed by atoms with Gasteiger partial charge in [-0.1, -0.05) is 16.4 Å². The number of ether oxygens (including phenoxy) is 1. The topological polar surface area (TPSA) is 35.0 Å². The molecule has 0 bridgehead atoms. The van der Waals surface area contributed by atoms with E-state index in [1.54, 1.807) is 6.07 Å². The number of hydrogen-bond donors (Lipinski definition) is 0. The van der Waals surface area contributed by atoms with Gasteiger partial charge in [0.15, 0.2) is 0 Å². The van der Waals surface area contributed by atoms with E-state index in [2.05, 4.69) is 26.1 Å². The molecule has 2 rings (SSSR count). The zero-order valence-corrected chi connectivity index (χ0v) is 10.1. The summed E-state index contributed by atoms with van der Waals surface area (Å²) >= 11 is 4.42. The average molecular weight is 289 g/mol. The summed E-state index contributed by atoms with van der Waals surface area (Å²) < 4.78 is 18.7. The van der Waals surface area contributed by atoms with Crippen LogP contribution < -0.4 is 4.74 Å². The standard InChI is InChI=1S/C9H6BrFN2OS/c1-5-12-13-9(15-5)14-6-2-3-8(11)7(10)4-6/h2-4H,1H3. The van der Waals surface area contributed by atoms with Gasteiger partial charge in [0.1, 0.15) is 16.6 Å². The highest BCUT2D eigenvalue weighted by atomic mass is 79.9. The minimum absolute atomic E-state index is 0.323. The molecule has 6 heteroatoms. The lowest BCUT2D eigenvalue weighted by Crippen LogP contribution is -1.85. The number of rotatable bonds is 2. The number of hydrogen-bond acceptors (Lipinski definition) is 4. The number of nitrogens with zero attached hydrogens (tertiary/aromatic N) is 2. The molecule has 78 valence electrons. The first-order valence-electron chi connectivity index (χ1n) is 4.08. The lowest BCUT2D eigenvalue weighted by Gasteiger charge is -2.01. The second-order valence-electron chi connectivity index (χ2n) is 2.76. The van der Waals surface area contributed by atoms with Gasteiger partial charge in [-0.15, -0.1) is 5.10 Å². The third-order valence-electron chi connectivity index (χ3n) is 1.60. The monoisotopic (exact) mass is 288 g/mol. The third kappa shape index (κ3) is 2.51. The molecule has 0 unspecified atom stereocenters. The Labute approximate surface area is 98.0 Å². The van der Waals surface area contributed by atoms with Crippen molar-refractivity contribution in [3.05, 3.63) is 33.5 Å². The molecule has 0 saturated carbocycles. The van der Waals surface area contributed by atoms with Crippen molar-refractivity contribution in [1.82, 2.24) is 10.2 Å². The molecule has 15 heavy (non-hydrogen) atoms. The molecule has 1 aromatic heterocycles. The molecular formula is C9H6BrFN2OS. The predicted molar refractivity (Wildman–Crippen MR) is 58.8 cm³/mol. The predicted octanol–water partition coefficient (Wildman–Crippen LogP) is 3.54. The Morgan fingerprint density at radius 3 is 2.80 bits per heavy atom. The van der Waals surface area contributed by atoms with E-state index in [0.717, 1.165) is 5.01 Å². The molecule has 2 aromatic rings. The summed E-state index contributed by atoms with van der Waals surface area (Å²) in [7, 11) is 0. The SMILES string of the molecule is Cc1nnc(Oc2ccc(F)c(Br)c2)s1. The molecule has 0 spiro atoms. The fraction of sp³-hybridized carbons (Fsp3) is 0.111. The van der Waals surface area contributed by atoms with Crippen molar-refractivity contribution < 1.29 is 9.13 Å². The van der Waals surface area contributed by atoms with Crippen LogP contribution in [-0.4, -0.2) is 10.2 Å². The number of halogens is 2. The molecule has 0 atom stereocenters. The van der Waals surface area contributed by atoms with E-state index >= 15 is 0 Å². The van der Waals surface area contributed by atoms with Gasteiger partial charge in [0.05, 0.1) is 4.47 Å². The maximum atomic E-state index is 12.9. The van der Waals surface area contributed by atoms with Gasteiger partial charge >= 0.3 is 0 Å². The summed E-state index contributed by atoms with van der Waals surface area (Å²) in [5.74, 6) is 0.204. The maximum absolute atomic E-state index is 12.9. The molecule has 0 saturated heterocycles. The summed E-state index contributed by atoms with van der Waals surface area (Å²) in [6.07, 6.45) is 0. The van der Waals surface area contributed by atoms with Crippen LogP contribution in [-0.2, 0) is 0 Å². The second kappa shape index (κ2) is 4.24. The van der Waals surface area contributed by atoms with E-state index in [9.17, 15) is 4.39 Å². The molecule has 1 heterocycles. The molecule has 0 aliphatic carbocycles. The molecule has 0 aliphatic heterocycles. The average Bonchev–Trinajstić information content (AvgIpc) is 2.58. The zero-order chi connectivity index (χ0) is 10.8. The van der Waals surface area contributed by atoms with Gasteiger partial charge in [-0.25, -0.2) is 4.39 Å². The maximum Gasteiger partial charge on any atom is 0.299 e. The Morgan fingerprint density at radius 1 is 1.40 bits per heavy atom. The van der Waals surface area contributed by atoms with Gasteiger partial charge in [-0.2, -0.15) is 0 Å². The summed E-state index contributed by atoms with van der Waals surface area (Å²) in [6, 6.07) is 4.41. The minimum atomic E-state index is -0.323. The Balaban J connectivity index is 2.21.